The Kier molecular flexibility index (Phi) is 9.25. The Morgan fingerprint density at radius 2 is 1.67 bits per heavy atom. The van der Waals surface area contributed by atoms with E-state index in [0.717, 1.165) is 33.9 Å². The maximum atomic E-state index is 12.1. The van der Waals surface area contributed by atoms with Gasteiger partial charge in [0, 0.05) is 39.8 Å². The fraction of sp³-hybridized carbons (Fsp3) is 0.375. The highest BCUT2D eigenvalue weighted by molar-refractivity contribution is 7.15. The zero-order valence-corrected chi connectivity index (χ0v) is 24.4. The Balaban J connectivity index is 1.37. The number of hydrogen-bond donors (Lipinski definition) is 0. The monoisotopic (exact) mass is 547 g/mol. The number of aryl methyl sites for hydroxylation is 1. The molecule has 0 aliphatic carbocycles. The van der Waals surface area contributed by atoms with Crippen LogP contribution in [0.2, 0.25) is 0 Å². The predicted molar refractivity (Wildman–Crippen MR) is 155 cm³/mol. The number of thiophene rings is 1. The quantitative estimate of drug-likeness (QED) is 0.179. The number of rotatable bonds is 11. The van der Waals surface area contributed by atoms with Crippen LogP contribution < -0.4 is 4.74 Å². The summed E-state index contributed by atoms with van der Waals surface area (Å²) in [6.45, 7) is 13.4. The Labute approximate surface area is 234 Å². The summed E-state index contributed by atoms with van der Waals surface area (Å²) in [7, 11) is 0. The van der Waals surface area contributed by atoms with Gasteiger partial charge < -0.3 is 18.7 Å². The van der Waals surface area contributed by atoms with Crippen molar-refractivity contribution in [2.75, 3.05) is 13.2 Å². The van der Waals surface area contributed by atoms with E-state index in [-0.39, 0.29) is 11.4 Å². The number of carbonyl (C=O) groups excluding carboxylic acids is 1. The molecule has 0 N–H and O–H groups in total. The lowest BCUT2D eigenvalue weighted by atomic mass is 9.93. The zero-order chi connectivity index (χ0) is 28.0. The molecule has 2 heterocycles. The van der Waals surface area contributed by atoms with Crippen LogP contribution in [0.1, 0.15) is 56.4 Å². The third-order valence-electron chi connectivity index (χ3n) is 6.37. The molecule has 4 aromatic rings. The minimum Gasteiger partial charge on any atom is -0.488 e. The molecule has 39 heavy (non-hydrogen) atoms. The Bertz CT molecular complexity index is 1360. The van der Waals surface area contributed by atoms with Gasteiger partial charge in [0.25, 0.3) is 0 Å². The van der Waals surface area contributed by atoms with Gasteiger partial charge in [-0.2, -0.15) is 0 Å². The highest BCUT2D eigenvalue weighted by atomic mass is 32.1. The molecule has 0 aliphatic heterocycles. The van der Waals surface area contributed by atoms with Gasteiger partial charge >= 0.3 is 5.97 Å². The van der Waals surface area contributed by atoms with Gasteiger partial charge in [0.2, 0.25) is 0 Å². The maximum Gasteiger partial charge on any atom is 0.335 e. The first kappa shape index (κ1) is 28.6. The largest absolute Gasteiger partial charge is 0.488 e. The van der Waals surface area contributed by atoms with Gasteiger partial charge in [0.05, 0.1) is 6.61 Å². The standard InChI is InChI=1S/C32H37NO5S/c1-7-35-27(31(34)36-8-2)18-22-9-15-25(16-10-22)37-20-29-21(3)17-28(39-29)24-13-11-23(12-14-24)26-19-30(38-33-26)32(4,5)6/h9-17,19,27H,7-8,18,20H2,1-6H3/t27-/m0/s1. The summed E-state index contributed by atoms with van der Waals surface area (Å²) in [5, 5.41) is 4.25. The van der Waals surface area contributed by atoms with Gasteiger partial charge in [-0.25, -0.2) is 4.79 Å². The van der Waals surface area contributed by atoms with Crippen LogP contribution in [-0.2, 0) is 32.7 Å². The molecule has 0 fully saturated rings. The molecule has 2 aromatic carbocycles. The fourth-order valence-electron chi connectivity index (χ4n) is 4.11. The predicted octanol–water partition coefficient (Wildman–Crippen LogP) is 7.77. The smallest absolute Gasteiger partial charge is 0.335 e. The van der Waals surface area contributed by atoms with Crippen molar-refractivity contribution >= 4 is 17.3 Å². The van der Waals surface area contributed by atoms with E-state index < -0.39 is 6.10 Å². The summed E-state index contributed by atoms with van der Waals surface area (Å²) < 4.78 is 22.3. The molecule has 6 nitrogen and oxygen atoms in total. The van der Waals surface area contributed by atoms with E-state index in [1.165, 1.54) is 15.3 Å². The SMILES string of the molecule is CCOC(=O)[C@H](Cc1ccc(OCc2sc(-c3ccc(-c4cc(C(C)(C)C)on4)cc3)cc2C)cc1)OCC. The number of aromatic nitrogens is 1. The van der Waals surface area contributed by atoms with Gasteiger partial charge in [-0.3, -0.25) is 0 Å². The Hall–Kier alpha value is -3.42. The van der Waals surface area contributed by atoms with Crippen LogP contribution in [0.15, 0.2) is 65.2 Å². The summed E-state index contributed by atoms with van der Waals surface area (Å²) in [5.74, 6) is 1.33. The average molecular weight is 548 g/mol. The van der Waals surface area contributed by atoms with Gasteiger partial charge in [-0.1, -0.05) is 62.3 Å². The second-order valence-corrected chi connectivity index (χ2v) is 11.6. The summed E-state index contributed by atoms with van der Waals surface area (Å²) in [6, 6.07) is 20.4. The van der Waals surface area contributed by atoms with E-state index in [2.05, 4.69) is 63.2 Å². The number of hydrogen-bond acceptors (Lipinski definition) is 7. The third kappa shape index (κ3) is 7.37. The van der Waals surface area contributed by atoms with Crippen molar-refractivity contribution in [1.82, 2.24) is 5.16 Å². The van der Waals surface area contributed by atoms with Crippen molar-refractivity contribution in [3.05, 3.63) is 82.4 Å². The molecular weight excluding hydrogens is 510 g/mol. The molecule has 7 heteroatoms. The molecule has 206 valence electrons. The summed E-state index contributed by atoms with van der Waals surface area (Å²) in [6.07, 6.45) is -0.132. The van der Waals surface area contributed by atoms with Crippen LogP contribution in [0.25, 0.3) is 21.7 Å². The second kappa shape index (κ2) is 12.6. The lowest BCUT2D eigenvalue weighted by Gasteiger charge is -2.15. The van der Waals surface area contributed by atoms with Crippen LogP contribution in [0.4, 0.5) is 0 Å². The number of carbonyl (C=O) groups is 1. The van der Waals surface area contributed by atoms with Crippen LogP contribution in [0, 0.1) is 6.92 Å². The number of ether oxygens (including phenoxy) is 3. The minimum absolute atomic E-state index is 0.0724. The van der Waals surface area contributed by atoms with E-state index >= 15 is 0 Å². The number of nitrogens with zero attached hydrogens (tertiary/aromatic N) is 1. The highest BCUT2D eigenvalue weighted by Crippen LogP contribution is 2.34. The van der Waals surface area contributed by atoms with Crippen LogP contribution in [0.5, 0.6) is 5.75 Å². The van der Waals surface area contributed by atoms with Crippen molar-refractivity contribution in [2.45, 2.75) is 66.1 Å². The molecule has 0 saturated heterocycles. The molecule has 4 rings (SSSR count). The van der Waals surface area contributed by atoms with Crippen LogP contribution >= 0.6 is 11.3 Å². The van der Waals surface area contributed by atoms with Crippen molar-refractivity contribution < 1.29 is 23.5 Å². The summed E-state index contributed by atoms with van der Waals surface area (Å²) in [5.41, 5.74) is 5.17. The number of esters is 1. The lowest BCUT2D eigenvalue weighted by Crippen LogP contribution is -2.28. The summed E-state index contributed by atoms with van der Waals surface area (Å²) in [4.78, 5) is 14.5. The molecule has 0 radical (unpaired) electrons. The first-order chi connectivity index (χ1) is 18.7. The van der Waals surface area contributed by atoms with E-state index in [9.17, 15) is 4.79 Å². The first-order valence-corrected chi connectivity index (χ1v) is 14.2. The Morgan fingerprint density at radius 1 is 0.974 bits per heavy atom. The molecule has 2 aromatic heterocycles. The second-order valence-electron chi connectivity index (χ2n) is 10.5. The van der Waals surface area contributed by atoms with Crippen LogP contribution in [0.3, 0.4) is 0 Å². The van der Waals surface area contributed by atoms with Gasteiger partial charge in [-0.05, 0) is 55.7 Å². The molecular formula is C32H37NO5S. The van der Waals surface area contributed by atoms with Crippen molar-refractivity contribution in [2.24, 2.45) is 0 Å². The van der Waals surface area contributed by atoms with Gasteiger partial charge in [0.1, 0.15) is 23.8 Å². The molecule has 1 atom stereocenters. The van der Waals surface area contributed by atoms with Crippen LogP contribution in [-0.4, -0.2) is 30.4 Å². The van der Waals surface area contributed by atoms with E-state index in [1.807, 2.05) is 37.3 Å². The minimum atomic E-state index is -0.597. The van der Waals surface area contributed by atoms with Crippen molar-refractivity contribution in [3.8, 4) is 27.4 Å². The molecule has 0 aliphatic rings. The van der Waals surface area contributed by atoms with Gasteiger partial charge in [0.15, 0.2) is 6.10 Å². The molecule has 0 saturated carbocycles. The highest BCUT2D eigenvalue weighted by Gasteiger charge is 2.21. The summed E-state index contributed by atoms with van der Waals surface area (Å²) >= 11 is 1.74. The fourth-order valence-corrected chi connectivity index (χ4v) is 5.20. The molecule has 0 amide bonds. The molecule has 0 unspecified atom stereocenters. The maximum absolute atomic E-state index is 12.1. The average Bonchev–Trinajstić information content (AvgIpc) is 3.56. The lowest BCUT2D eigenvalue weighted by molar-refractivity contribution is -0.156. The van der Waals surface area contributed by atoms with Crippen molar-refractivity contribution in [1.29, 1.82) is 0 Å². The molecule has 0 spiro atoms. The topological polar surface area (TPSA) is 70.8 Å². The van der Waals surface area contributed by atoms with Crippen molar-refractivity contribution in [3.63, 3.8) is 0 Å². The van der Waals surface area contributed by atoms with E-state index in [0.29, 0.717) is 26.2 Å². The van der Waals surface area contributed by atoms with E-state index in [4.69, 9.17) is 18.7 Å². The Morgan fingerprint density at radius 3 is 2.28 bits per heavy atom. The van der Waals surface area contributed by atoms with E-state index in [1.54, 1.807) is 18.3 Å². The zero-order valence-electron chi connectivity index (χ0n) is 23.6. The molecule has 0 bridgehead atoms. The number of benzene rings is 2. The normalized spacial score (nSPS) is 12.4. The first-order valence-electron chi connectivity index (χ1n) is 13.3. The third-order valence-corrected chi connectivity index (χ3v) is 7.63. The van der Waals surface area contributed by atoms with Gasteiger partial charge in [-0.15, -0.1) is 11.3 Å².